The molecule has 0 bridgehead atoms. The third kappa shape index (κ3) is 39.2. The number of hydrogen-bond acceptors (Lipinski definition) is 10. The molecular formula is C20H32O10Sn. The van der Waals surface area contributed by atoms with Gasteiger partial charge in [-0.25, -0.2) is 9.59 Å². The standard InChI is InChI=1S/2C6H8O5.2C4H9.Sn/c2*1-10-4-11-6(9)3-2-5(7)8;2*1-3-4-2;/h2*2-3H,4H2,1H3,(H,7,8);2*1,3-4H2,2H3;/q;;;;+2/p-2/b2*3-2-;;;. The van der Waals surface area contributed by atoms with E-state index in [0.29, 0.717) is 12.2 Å². The summed E-state index contributed by atoms with van der Waals surface area (Å²) in [5, 5.41) is 19.5. The largest absolute Gasteiger partial charge is 0.545 e. The first-order valence-corrected chi connectivity index (χ1v) is 13.6. The Morgan fingerprint density at radius 3 is 1.32 bits per heavy atom. The first kappa shape index (κ1) is 33.7. The van der Waals surface area contributed by atoms with Crippen LogP contribution in [0, 0.1) is 0 Å². The fourth-order valence-corrected chi connectivity index (χ4v) is 5.49. The van der Waals surface area contributed by atoms with Crippen molar-refractivity contribution in [3.8, 4) is 0 Å². The Balaban J connectivity index is -0.000000382. The fraction of sp³-hybridized carbons (Fsp3) is 0.600. The summed E-state index contributed by atoms with van der Waals surface area (Å²) in [6, 6.07) is 0. The number of hydrogen-bond donors (Lipinski definition) is 0. The maximum absolute atomic E-state index is 10.4. The Morgan fingerprint density at radius 2 is 1.06 bits per heavy atom. The molecule has 31 heavy (non-hydrogen) atoms. The SMILES string of the molecule is CCC[CH2][Sn+2][CH2]CCC.COCOC(=O)/C=C\C(=O)[O-].COCOC(=O)/C=C\C(=O)[O-]. The molecule has 0 atom stereocenters. The Morgan fingerprint density at radius 1 is 0.710 bits per heavy atom. The van der Waals surface area contributed by atoms with E-state index in [1.807, 2.05) is 0 Å². The molecule has 11 heteroatoms. The summed E-state index contributed by atoms with van der Waals surface area (Å²) in [5.41, 5.74) is 0. The number of ether oxygens (including phenoxy) is 4. The molecule has 0 saturated carbocycles. The molecule has 0 aromatic rings. The zero-order chi connectivity index (χ0) is 24.3. The minimum absolute atomic E-state index is 0.149. The van der Waals surface area contributed by atoms with Crippen LogP contribution in [0.5, 0.6) is 0 Å². The molecule has 176 valence electrons. The van der Waals surface area contributed by atoms with Gasteiger partial charge in [-0.3, -0.25) is 0 Å². The van der Waals surface area contributed by atoms with Crippen LogP contribution < -0.4 is 10.2 Å². The van der Waals surface area contributed by atoms with Gasteiger partial charge in [0.15, 0.2) is 13.6 Å². The van der Waals surface area contributed by atoms with E-state index in [0.717, 1.165) is 12.2 Å². The Labute approximate surface area is 193 Å². The van der Waals surface area contributed by atoms with Crippen LogP contribution in [0.15, 0.2) is 24.3 Å². The van der Waals surface area contributed by atoms with Crippen LogP contribution in [0.25, 0.3) is 0 Å². The van der Waals surface area contributed by atoms with E-state index < -0.39 is 23.9 Å². The van der Waals surface area contributed by atoms with Gasteiger partial charge < -0.3 is 38.7 Å². The number of carbonyl (C=O) groups excluding carboxylic acids is 4. The molecule has 0 fully saturated rings. The first-order chi connectivity index (χ1) is 14.7. The minimum atomic E-state index is -1.45. The van der Waals surface area contributed by atoms with E-state index in [9.17, 15) is 29.4 Å². The van der Waals surface area contributed by atoms with Crippen molar-refractivity contribution in [3.05, 3.63) is 24.3 Å². The van der Waals surface area contributed by atoms with Crippen molar-refractivity contribution in [2.24, 2.45) is 0 Å². The van der Waals surface area contributed by atoms with Crippen molar-refractivity contribution in [3.63, 3.8) is 0 Å². The molecule has 0 aromatic carbocycles. The van der Waals surface area contributed by atoms with Gasteiger partial charge in [0, 0.05) is 26.4 Å². The number of methoxy groups -OCH3 is 2. The van der Waals surface area contributed by atoms with Crippen molar-refractivity contribution in [2.45, 2.75) is 48.4 Å². The van der Waals surface area contributed by atoms with Gasteiger partial charge in [-0.15, -0.1) is 0 Å². The minimum Gasteiger partial charge on any atom is -0.545 e. The Kier molecular flexibility index (Phi) is 30.5. The second kappa shape index (κ2) is 28.1. The second-order valence-corrected chi connectivity index (χ2v) is 9.78. The number of rotatable bonds is 14. The van der Waals surface area contributed by atoms with Crippen LogP contribution in [0.3, 0.4) is 0 Å². The third-order valence-electron chi connectivity index (χ3n) is 2.76. The van der Waals surface area contributed by atoms with E-state index in [2.05, 4.69) is 32.8 Å². The topological polar surface area (TPSA) is 151 Å². The van der Waals surface area contributed by atoms with Gasteiger partial charge in [0.1, 0.15) is 0 Å². The maximum atomic E-state index is 10.4. The first-order valence-electron chi connectivity index (χ1n) is 9.55. The van der Waals surface area contributed by atoms with Crippen molar-refractivity contribution in [1.82, 2.24) is 0 Å². The quantitative estimate of drug-likeness (QED) is 0.0950. The number of aliphatic carboxylic acids is 2. The Hall–Kier alpha value is -1.92. The molecule has 0 aliphatic carbocycles. The third-order valence-corrected chi connectivity index (χ3v) is 6.80. The predicted octanol–water partition coefficient (Wildman–Crippen LogP) is 0.00660. The predicted molar refractivity (Wildman–Crippen MR) is 109 cm³/mol. The van der Waals surface area contributed by atoms with E-state index in [4.69, 9.17) is 0 Å². The number of carboxylic acids is 2. The Bertz CT molecular complexity index is 486. The van der Waals surface area contributed by atoms with Crippen molar-refractivity contribution >= 4 is 45.0 Å². The molecule has 0 heterocycles. The van der Waals surface area contributed by atoms with Gasteiger partial charge in [0.05, 0.1) is 11.9 Å². The van der Waals surface area contributed by atoms with Crippen LogP contribution in [0.1, 0.15) is 39.5 Å². The summed E-state index contributed by atoms with van der Waals surface area (Å²) in [6.07, 6.45) is 8.49. The molecular weight excluding hydrogens is 519 g/mol. The van der Waals surface area contributed by atoms with Crippen molar-refractivity contribution in [1.29, 1.82) is 0 Å². The van der Waals surface area contributed by atoms with Gasteiger partial charge in [0.2, 0.25) is 0 Å². The molecule has 10 nitrogen and oxygen atoms in total. The normalized spacial score (nSPS) is 9.68. The summed E-state index contributed by atoms with van der Waals surface area (Å²) >= 11 is 0.149. The molecule has 0 unspecified atom stereocenters. The average Bonchev–Trinajstić information content (AvgIpc) is 2.74. The number of carbonyl (C=O) groups is 4. The fourth-order valence-electron chi connectivity index (χ4n) is 1.33. The molecule has 0 saturated heterocycles. The van der Waals surface area contributed by atoms with Crippen LogP contribution in [-0.4, -0.2) is 72.8 Å². The zero-order valence-electron chi connectivity index (χ0n) is 18.5. The molecule has 0 N–H and O–H groups in total. The van der Waals surface area contributed by atoms with Crippen LogP contribution in [0.4, 0.5) is 0 Å². The molecule has 0 aromatic heterocycles. The van der Waals surface area contributed by atoms with Gasteiger partial charge >= 0.3 is 81.5 Å². The second-order valence-electron chi connectivity index (χ2n) is 5.50. The number of esters is 2. The van der Waals surface area contributed by atoms with E-state index in [-0.39, 0.29) is 34.7 Å². The van der Waals surface area contributed by atoms with E-state index >= 15 is 0 Å². The number of carboxylic acid groups (broad SMARTS) is 2. The summed E-state index contributed by atoms with van der Waals surface area (Å²) in [6.45, 7) is 4.19. The van der Waals surface area contributed by atoms with Gasteiger partial charge in [-0.05, 0) is 12.2 Å². The van der Waals surface area contributed by atoms with Gasteiger partial charge in [-0.1, -0.05) is 0 Å². The molecule has 0 spiro atoms. The van der Waals surface area contributed by atoms with Crippen LogP contribution in [0.2, 0.25) is 8.87 Å². The average molecular weight is 551 g/mol. The van der Waals surface area contributed by atoms with E-state index in [1.54, 1.807) is 8.87 Å². The molecule has 0 aliphatic rings. The van der Waals surface area contributed by atoms with E-state index in [1.165, 1.54) is 39.9 Å². The smallest absolute Gasteiger partial charge is 0.332 e. The molecule has 0 aliphatic heterocycles. The van der Waals surface area contributed by atoms with Gasteiger partial charge in [0.25, 0.3) is 0 Å². The summed E-state index contributed by atoms with van der Waals surface area (Å²) in [4.78, 5) is 40.3. The maximum Gasteiger partial charge on any atom is 0.332 e. The summed E-state index contributed by atoms with van der Waals surface area (Å²) < 4.78 is 20.6. The zero-order valence-corrected chi connectivity index (χ0v) is 21.4. The van der Waals surface area contributed by atoms with Crippen molar-refractivity contribution < 1.29 is 48.3 Å². The van der Waals surface area contributed by atoms with Gasteiger partial charge in [-0.2, -0.15) is 0 Å². The summed E-state index contributed by atoms with van der Waals surface area (Å²) in [7, 11) is 2.69. The number of unbranched alkanes of at least 4 members (excludes halogenated alkanes) is 2. The summed E-state index contributed by atoms with van der Waals surface area (Å²) in [5.74, 6) is -4.45. The molecule has 0 radical (unpaired) electrons. The monoisotopic (exact) mass is 552 g/mol. The van der Waals surface area contributed by atoms with Crippen LogP contribution in [-0.2, 0) is 38.1 Å². The van der Waals surface area contributed by atoms with Crippen molar-refractivity contribution in [2.75, 3.05) is 27.8 Å². The van der Waals surface area contributed by atoms with Crippen LogP contribution >= 0.6 is 0 Å². The molecule has 0 rings (SSSR count). The molecule has 0 amide bonds.